The van der Waals surface area contributed by atoms with E-state index in [0.29, 0.717) is 23.2 Å². The van der Waals surface area contributed by atoms with Crippen LogP contribution < -0.4 is 20.5 Å². The Balaban J connectivity index is 1.36. The van der Waals surface area contributed by atoms with Crippen LogP contribution in [0.2, 0.25) is 0 Å². The number of ether oxygens (including phenoxy) is 2. The molecule has 0 unspecified atom stereocenters. The first kappa shape index (κ1) is 29.6. The van der Waals surface area contributed by atoms with Gasteiger partial charge in [-0.1, -0.05) is 6.92 Å². The van der Waals surface area contributed by atoms with Crippen molar-refractivity contribution in [1.29, 1.82) is 0 Å². The Morgan fingerprint density at radius 2 is 1.80 bits per heavy atom. The van der Waals surface area contributed by atoms with Crippen molar-refractivity contribution in [2.75, 3.05) is 37.7 Å². The second-order valence-corrected chi connectivity index (χ2v) is 12.5. The van der Waals surface area contributed by atoms with E-state index in [-0.39, 0.29) is 24.1 Å². The highest BCUT2D eigenvalue weighted by molar-refractivity contribution is 5.97. The molecule has 0 atom stereocenters. The van der Waals surface area contributed by atoms with Gasteiger partial charge in [-0.05, 0) is 95.6 Å². The van der Waals surface area contributed by atoms with Gasteiger partial charge >= 0.3 is 0 Å². The number of benzene rings is 1. The van der Waals surface area contributed by atoms with Crippen LogP contribution in [0.15, 0.2) is 23.0 Å². The Hall–Kier alpha value is -2.84. The summed E-state index contributed by atoms with van der Waals surface area (Å²) >= 11 is 0. The van der Waals surface area contributed by atoms with Crippen LogP contribution in [0.1, 0.15) is 85.1 Å². The third kappa shape index (κ3) is 6.81. The van der Waals surface area contributed by atoms with E-state index in [1.54, 1.807) is 0 Å². The Kier molecular flexibility index (Phi) is 9.39. The summed E-state index contributed by atoms with van der Waals surface area (Å²) in [5, 5.41) is 3.02. The number of rotatable bonds is 9. The largest absolute Gasteiger partial charge is 0.490 e. The van der Waals surface area contributed by atoms with Crippen molar-refractivity contribution in [3.63, 3.8) is 0 Å². The molecule has 41 heavy (non-hydrogen) atoms. The summed E-state index contributed by atoms with van der Waals surface area (Å²) in [5.41, 5.74) is 4.70. The van der Waals surface area contributed by atoms with Gasteiger partial charge in [0.1, 0.15) is 11.9 Å². The third-order valence-corrected chi connectivity index (χ3v) is 9.51. The monoisotopic (exact) mass is 564 g/mol. The Bertz CT molecular complexity index is 1270. The number of nitrogens with zero attached hydrogens (tertiary/aromatic N) is 2. The summed E-state index contributed by atoms with van der Waals surface area (Å²) in [5.74, 6) is 1.39. The molecule has 0 bridgehead atoms. The van der Waals surface area contributed by atoms with Gasteiger partial charge in [0, 0.05) is 79.8 Å². The number of pyridine rings is 1. The van der Waals surface area contributed by atoms with Crippen molar-refractivity contribution in [2.45, 2.75) is 97.9 Å². The molecule has 0 radical (unpaired) electrons. The predicted molar refractivity (Wildman–Crippen MR) is 163 cm³/mol. The van der Waals surface area contributed by atoms with Gasteiger partial charge in [0.25, 0.3) is 11.5 Å². The molecule has 8 heteroatoms. The molecule has 8 nitrogen and oxygen atoms in total. The minimum Gasteiger partial charge on any atom is -0.490 e. The molecule has 2 aromatic rings. The maximum Gasteiger partial charge on any atom is 0.253 e. The number of carbonyl (C=O) groups is 1. The average molecular weight is 565 g/mol. The molecule has 3 fully saturated rings. The number of amides is 1. The zero-order chi connectivity index (χ0) is 29.1. The van der Waals surface area contributed by atoms with Crippen LogP contribution >= 0.6 is 0 Å². The molecule has 2 N–H and O–H groups in total. The summed E-state index contributed by atoms with van der Waals surface area (Å²) < 4.78 is 12.2. The maximum atomic E-state index is 13.7. The topological polar surface area (TPSA) is 86.9 Å². The number of aryl methyl sites for hydroxylation is 2. The molecule has 1 saturated carbocycles. The summed E-state index contributed by atoms with van der Waals surface area (Å²) in [6.45, 7) is 15.2. The number of H-pyrrole nitrogens is 1. The highest BCUT2D eigenvalue weighted by Crippen LogP contribution is 2.37. The van der Waals surface area contributed by atoms with E-state index in [0.717, 1.165) is 79.6 Å². The molecular formula is C33H48N4O4. The molecule has 224 valence electrons. The van der Waals surface area contributed by atoms with Crippen LogP contribution in [0.4, 0.5) is 5.69 Å². The smallest absolute Gasteiger partial charge is 0.253 e. The van der Waals surface area contributed by atoms with Gasteiger partial charge in [0.15, 0.2) is 0 Å². The second-order valence-electron chi connectivity index (χ2n) is 12.5. The molecule has 3 aliphatic rings. The van der Waals surface area contributed by atoms with Gasteiger partial charge in [-0.3, -0.25) is 9.59 Å². The van der Waals surface area contributed by atoms with Gasteiger partial charge in [0.2, 0.25) is 0 Å². The number of aromatic amines is 1. The zero-order valence-electron chi connectivity index (χ0n) is 25.6. The Morgan fingerprint density at radius 1 is 1.10 bits per heavy atom. The van der Waals surface area contributed by atoms with E-state index >= 15 is 0 Å². The van der Waals surface area contributed by atoms with E-state index in [4.69, 9.17) is 9.47 Å². The van der Waals surface area contributed by atoms with Crippen LogP contribution in [-0.4, -0.2) is 66.8 Å². The molecule has 2 aliphatic heterocycles. The Morgan fingerprint density at radius 3 is 2.46 bits per heavy atom. The van der Waals surface area contributed by atoms with Crippen LogP contribution in [0, 0.1) is 26.7 Å². The third-order valence-electron chi connectivity index (χ3n) is 9.51. The molecule has 0 spiro atoms. The first-order chi connectivity index (χ1) is 19.7. The number of carbonyl (C=O) groups excluding carboxylic acids is 1. The molecular weight excluding hydrogens is 516 g/mol. The predicted octanol–water partition coefficient (Wildman–Crippen LogP) is 4.88. The van der Waals surface area contributed by atoms with Crippen LogP contribution in [-0.2, 0) is 11.3 Å². The molecule has 3 heterocycles. The standard InChI is InChI=1S/C33H48N4O4/c1-6-37(25-9-13-40-14-10-25)31-19-28(41-27-16-26(17-27)36-11-7-21(2)8-12-36)18-29(24(31)5)32(38)34-20-30-22(3)15-23(4)35-33(30)39/h15,18-19,21,25-27H,6-14,16-17,20H2,1-5H3,(H,34,38)(H,35,39). The van der Waals surface area contributed by atoms with Crippen LogP contribution in [0.25, 0.3) is 0 Å². The minimum atomic E-state index is -0.189. The van der Waals surface area contributed by atoms with Crippen LogP contribution in [0.3, 0.4) is 0 Å². The van der Waals surface area contributed by atoms with Crippen molar-refractivity contribution in [1.82, 2.24) is 15.2 Å². The van der Waals surface area contributed by atoms with E-state index in [1.165, 1.54) is 25.9 Å². The first-order valence-corrected chi connectivity index (χ1v) is 15.6. The fraction of sp³-hybridized carbons (Fsp3) is 0.636. The number of aromatic nitrogens is 1. The SMILES string of the molecule is CCN(c1cc(OC2CC(N3CCC(C)CC3)C2)cc(C(=O)NCc2c(C)cc(C)[nH]c2=O)c1C)C1CCOCC1. The fourth-order valence-corrected chi connectivity index (χ4v) is 6.78. The highest BCUT2D eigenvalue weighted by atomic mass is 16.5. The van der Waals surface area contributed by atoms with E-state index in [9.17, 15) is 9.59 Å². The van der Waals surface area contributed by atoms with Gasteiger partial charge in [-0.2, -0.15) is 0 Å². The van der Waals surface area contributed by atoms with E-state index in [1.807, 2.05) is 32.9 Å². The molecule has 1 amide bonds. The number of anilines is 1. The van der Waals surface area contributed by atoms with Crippen molar-refractivity contribution in [3.05, 3.63) is 56.5 Å². The van der Waals surface area contributed by atoms with Crippen molar-refractivity contribution < 1.29 is 14.3 Å². The van der Waals surface area contributed by atoms with Crippen molar-refractivity contribution >= 4 is 11.6 Å². The molecule has 1 aliphatic carbocycles. The molecule has 2 saturated heterocycles. The lowest BCUT2D eigenvalue weighted by Gasteiger charge is -2.45. The molecule has 1 aromatic heterocycles. The van der Waals surface area contributed by atoms with Crippen molar-refractivity contribution in [3.8, 4) is 5.75 Å². The van der Waals surface area contributed by atoms with Crippen LogP contribution in [0.5, 0.6) is 5.75 Å². The highest BCUT2D eigenvalue weighted by Gasteiger charge is 2.36. The molecule has 1 aromatic carbocycles. The van der Waals surface area contributed by atoms with Crippen molar-refractivity contribution in [2.24, 2.45) is 5.92 Å². The number of hydrogen-bond acceptors (Lipinski definition) is 6. The number of likely N-dealkylation sites (tertiary alicyclic amines) is 1. The zero-order valence-corrected chi connectivity index (χ0v) is 25.6. The summed E-state index contributed by atoms with van der Waals surface area (Å²) in [6.07, 6.45) is 6.74. The van der Waals surface area contributed by atoms with Gasteiger partial charge in [-0.25, -0.2) is 0 Å². The first-order valence-electron chi connectivity index (χ1n) is 15.6. The molecule has 5 rings (SSSR count). The normalized spacial score (nSPS) is 22.3. The number of nitrogens with one attached hydrogen (secondary N) is 2. The lowest BCUT2D eigenvalue weighted by molar-refractivity contribution is 0.00305. The van der Waals surface area contributed by atoms with Gasteiger partial charge in [0.05, 0.1) is 0 Å². The quantitative estimate of drug-likeness (QED) is 0.452. The number of hydrogen-bond donors (Lipinski definition) is 2. The second kappa shape index (κ2) is 13.0. The number of piperidine rings is 1. The van der Waals surface area contributed by atoms with Gasteiger partial charge in [-0.15, -0.1) is 0 Å². The van der Waals surface area contributed by atoms with Gasteiger partial charge < -0.3 is 29.6 Å². The summed E-state index contributed by atoms with van der Waals surface area (Å²) in [4.78, 5) is 34.1. The average Bonchev–Trinajstić information content (AvgIpc) is 2.93. The minimum absolute atomic E-state index is 0.156. The Labute approximate surface area is 244 Å². The fourth-order valence-electron chi connectivity index (χ4n) is 6.78. The summed E-state index contributed by atoms with van der Waals surface area (Å²) in [7, 11) is 0. The van der Waals surface area contributed by atoms with E-state index in [2.05, 4.69) is 40.0 Å². The summed E-state index contributed by atoms with van der Waals surface area (Å²) in [6, 6.07) is 6.93. The lowest BCUT2D eigenvalue weighted by Crippen LogP contribution is -2.51. The maximum absolute atomic E-state index is 13.7. The van der Waals surface area contributed by atoms with E-state index < -0.39 is 0 Å². The lowest BCUT2D eigenvalue weighted by atomic mass is 9.85.